The minimum absolute atomic E-state index is 0.460. The molecule has 1 aromatic rings. The SMILES string of the molecule is CCNC(CN1CCC(C(C)C)C1)c1ccc(C)cc1C. The van der Waals surface area contributed by atoms with Gasteiger partial charge in [-0.25, -0.2) is 0 Å². The Labute approximate surface area is 130 Å². The number of likely N-dealkylation sites (tertiary alicyclic amines) is 1. The summed E-state index contributed by atoms with van der Waals surface area (Å²) in [7, 11) is 0. The van der Waals surface area contributed by atoms with Gasteiger partial charge in [0.15, 0.2) is 0 Å². The summed E-state index contributed by atoms with van der Waals surface area (Å²) in [5.41, 5.74) is 4.24. The third-order valence-corrected chi connectivity index (χ3v) is 4.94. The van der Waals surface area contributed by atoms with Crippen LogP contribution in [-0.2, 0) is 0 Å². The first-order chi connectivity index (χ1) is 10.0. The summed E-state index contributed by atoms with van der Waals surface area (Å²) in [4.78, 5) is 2.65. The molecule has 1 aliphatic rings. The largest absolute Gasteiger partial charge is 0.309 e. The molecule has 118 valence electrons. The lowest BCUT2D eigenvalue weighted by Crippen LogP contribution is -2.34. The molecule has 1 N–H and O–H groups in total. The van der Waals surface area contributed by atoms with Gasteiger partial charge in [0.25, 0.3) is 0 Å². The molecular weight excluding hydrogens is 256 g/mol. The summed E-state index contributed by atoms with van der Waals surface area (Å²) < 4.78 is 0. The van der Waals surface area contributed by atoms with Gasteiger partial charge in [0, 0.05) is 19.1 Å². The molecule has 0 bridgehead atoms. The Bertz CT molecular complexity index is 453. The summed E-state index contributed by atoms with van der Waals surface area (Å²) in [6.07, 6.45) is 1.36. The van der Waals surface area contributed by atoms with Crippen LogP contribution in [0.15, 0.2) is 18.2 Å². The van der Waals surface area contributed by atoms with Crippen LogP contribution < -0.4 is 5.32 Å². The summed E-state index contributed by atoms with van der Waals surface area (Å²) in [5, 5.41) is 3.69. The molecule has 1 aromatic carbocycles. The van der Waals surface area contributed by atoms with Gasteiger partial charge >= 0.3 is 0 Å². The third kappa shape index (κ3) is 4.31. The molecule has 1 heterocycles. The zero-order chi connectivity index (χ0) is 15.4. The first-order valence-electron chi connectivity index (χ1n) is 8.54. The maximum Gasteiger partial charge on any atom is 0.0451 e. The zero-order valence-corrected chi connectivity index (χ0v) is 14.4. The van der Waals surface area contributed by atoms with Crippen molar-refractivity contribution >= 4 is 0 Å². The van der Waals surface area contributed by atoms with E-state index in [0.717, 1.165) is 24.9 Å². The summed E-state index contributed by atoms with van der Waals surface area (Å²) in [6.45, 7) is 16.0. The van der Waals surface area contributed by atoms with Crippen molar-refractivity contribution in [1.82, 2.24) is 10.2 Å². The summed E-state index contributed by atoms with van der Waals surface area (Å²) in [5.74, 6) is 1.69. The Morgan fingerprint density at radius 1 is 1.29 bits per heavy atom. The molecule has 2 heteroatoms. The van der Waals surface area contributed by atoms with Crippen LogP contribution in [0.2, 0.25) is 0 Å². The highest BCUT2D eigenvalue weighted by molar-refractivity contribution is 5.33. The van der Waals surface area contributed by atoms with Gasteiger partial charge in [-0.2, -0.15) is 0 Å². The molecule has 2 nitrogen and oxygen atoms in total. The van der Waals surface area contributed by atoms with Gasteiger partial charge in [0.1, 0.15) is 0 Å². The molecular formula is C19H32N2. The van der Waals surface area contributed by atoms with Gasteiger partial charge in [-0.3, -0.25) is 0 Å². The van der Waals surface area contributed by atoms with E-state index in [0.29, 0.717) is 6.04 Å². The molecule has 1 fully saturated rings. The van der Waals surface area contributed by atoms with E-state index >= 15 is 0 Å². The van der Waals surface area contributed by atoms with Gasteiger partial charge in [0.2, 0.25) is 0 Å². The number of nitrogens with one attached hydrogen (secondary N) is 1. The lowest BCUT2D eigenvalue weighted by Gasteiger charge is -2.26. The molecule has 0 radical (unpaired) electrons. The number of benzene rings is 1. The normalized spacial score (nSPS) is 21.1. The third-order valence-electron chi connectivity index (χ3n) is 4.94. The number of aryl methyl sites for hydroxylation is 2. The highest BCUT2D eigenvalue weighted by Crippen LogP contribution is 2.26. The van der Waals surface area contributed by atoms with Crippen molar-refractivity contribution in [2.45, 2.75) is 47.1 Å². The number of likely N-dealkylation sites (N-methyl/N-ethyl adjacent to an activating group) is 1. The smallest absolute Gasteiger partial charge is 0.0451 e. The van der Waals surface area contributed by atoms with Crippen molar-refractivity contribution in [3.8, 4) is 0 Å². The maximum atomic E-state index is 3.69. The van der Waals surface area contributed by atoms with Crippen molar-refractivity contribution < 1.29 is 0 Å². The van der Waals surface area contributed by atoms with Gasteiger partial charge < -0.3 is 10.2 Å². The fourth-order valence-corrected chi connectivity index (χ4v) is 3.57. The van der Waals surface area contributed by atoms with E-state index in [9.17, 15) is 0 Å². The Morgan fingerprint density at radius 3 is 2.62 bits per heavy atom. The van der Waals surface area contributed by atoms with Crippen molar-refractivity contribution in [1.29, 1.82) is 0 Å². The van der Waals surface area contributed by atoms with Gasteiger partial charge in [-0.15, -0.1) is 0 Å². The van der Waals surface area contributed by atoms with Crippen molar-refractivity contribution in [3.05, 3.63) is 34.9 Å². The maximum absolute atomic E-state index is 3.69. The highest BCUT2D eigenvalue weighted by Gasteiger charge is 2.27. The van der Waals surface area contributed by atoms with E-state index in [1.54, 1.807) is 0 Å². The van der Waals surface area contributed by atoms with E-state index in [1.165, 1.54) is 36.2 Å². The number of nitrogens with zero attached hydrogens (tertiary/aromatic N) is 1. The summed E-state index contributed by atoms with van der Waals surface area (Å²) >= 11 is 0. The van der Waals surface area contributed by atoms with Crippen LogP contribution in [0.3, 0.4) is 0 Å². The Kier molecular flexibility index (Phi) is 5.83. The van der Waals surface area contributed by atoms with Crippen LogP contribution in [-0.4, -0.2) is 31.1 Å². The molecule has 0 amide bonds. The highest BCUT2D eigenvalue weighted by atomic mass is 15.2. The second kappa shape index (κ2) is 7.42. The van der Waals surface area contributed by atoms with Crippen molar-refractivity contribution in [2.75, 3.05) is 26.2 Å². The zero-order valence-electron chi connectivity index (χ0n) is 14.4. The lowest BCUT2D eigenvalue weighted by atomic mass is 9.95. The first-order valence-corrected chi connectivity index (χ1v) is 8.54. The van der Waals surface area contributed by atoms with E-state index < -0.39 is 0 Å². The monoisotopic (exact) mass is 288 g/mol. The number of hydrogen-bond donors (Lipinski definition) is 1. The molecule has 2 atom stereocenters. The molecule has 0 spiro atoms. The number of hydrogen-bond acceptors (Lipinski definition) is 2. The fourth-order valence-electron chi connectivity index (χ4n) is 3.57. The van der Waals surface area contributed by atoms with E-state index in [1.807, 2.05) is 0 Å². The first kappa shape index (κ1) is 16.5. The molecule has 2 rings (SSSR count). The van der Waals surface area contributed by atoms with Crippen LogP contribution in [0.1, 0.15) is 49.9 Å². The molecule has 0 aliphatic carbocycles. The van der Waals surface area contributed by atoms with Crippen molar-refractivity contribution in [3.63, 3.8) is 0 Å². The average molecular weight is 288 g/mol. The Balaban J connectivity index is 2.06. The van der Waals surface area contributed by atoms with Gasteiger partial charge in [-0.1, -0.05) is 44.5 Å². The Morgan fingerprint density at radius 2 is 2.05 bits per heavy atom. The second-order valence-corrected chi connectivity index (χ2v) is 7.02. The number of rotatable bonds is 6. The Hall–Kier alpha value is -0.860. The molecule has 0 saturated carbocycles. The van der Waals surface area contributed by atoms with Crippen LogP contribution in [0.25, 0.3) is 0 Å². The molecule has 21 heavy (non-hydrogen) atoms. The van der Waals surface area contributed by atoms with Gasteiger partial charge in [-0.05, 0) is 56.3 Å². The molecule has 0 aromatic heterocycles. The van der Waals surface area contributed by atoms with E-state index in [4.69, 9.17) is 0 Å². The quantitative estimate of drug-likeness (QED) is 0.853. The fraction of sp³-hybridized carbons (Fsp3) is 0.684. The van der Waals surface area contributed by atoms with Crippen LogP contribution in [0.4, 0.5) is 0 Å². The molecule has 1 saturated heterocycles. The second-order valence-electron chi connectivity index (χ2n) is 7.02. The van der Waals surface area contributed by atoms with Crippen LogP contribution in [0.5, 0.6) is 0 Å². The minimum Gasteiger partial charge on any atom is -0.309 e. The predicted octanol–water partition coefficient (Wildman–Crippen LogP) is 3.93. The topological polar surface area (TPSA) is 15.3 Å². The lowest BCUT2D eigenvalue weighted by molar-refractivity contribution is 0.271. The molecule has 2 unspecified atom stereocenters. The predicted molar refractivity (Wildman–Crippen MR) is 91.7 cm³/mol. The van der Waals surface area contributed by atoms with E-state index in [2.05, 4.69) is 63.0 Å². The minimum atomic E-state index is 0.460. The molecule has 1 aliphatic heterocycles. The standard InChI is InChI=1S/C19H32N2/c1-6-20-19(18-8-7-15(4)11-16(18)5)13-21-10-9-17(12-21)14(2)3/h7-8,11,14,17,19-20H,6,9-10,12-13H2,1-5H3. The van der Waals surface area contributed by atoms with Gasteiger partial charge in [0.05, 0.1) is 0 Å². The summed E-state index contributed by atoms with van der Waals surface area (Å²) in [6, 6.07) is 7.32. The van der Waals surface area contributed by atoms with E-state index in [-0.39, 0.29) is 0 Å². The van der Waals surface area contributed by atoms with Crippen molar-refractivity contribution in [2.24, 2.45) is 11.8 Å². The average Bonchev–Trinajstić information content (AvgIpc) is 2.87. The van der Waals surface area contributed by atoms with Crippen LogP contribution >= 0.6 is 0 Å². The van der Waals surface area contributed by atoms with Crippen LogP contribution in [0, 0.1) is 25.7 Å².